The van der Waals surface area contributed by atoms with Crippen molar-refractivity contribution in [3.8, 4) is 0 Å². The number of hydrogen-bond acceptors (Lipinski definition) is 2. The van der Waals surface area contributed by atoms with Gasteiger partial charge in [0.25, 0.3) is 0 Å². The van der Waals surface area contributed by atoms with Crippen LogP contribution in [0.25, 0.3) is 0 Å². The van der Waals surface area contributed by atoms with Crippen LogP contribution in [0.3, 0.4) is 0 Å². The lowest BCUT2D eigenvalue weighted by Gasteiger charge is -2.28. The number of carboxylic acid groups (broad SMARTS) is 1. The Morgan fingerprint density at radius 3 is 2.33 bits per heavy atom. The monoisotopic (exact) mass is 299 g/mol. The van der Waals surface area contributed by atoms with Gasteiger partial charge in [0, 0.05) is 13.5 Å². The zero-order valence-electron chi connectivity index (χ0n) is 12.5. The summed E-state index contributed by atoms with van der Waals surface area (Å²) in [6, 6.07) is 2.94. The van der Waals surface area contributed by atoms with E-state index in [-0.39, 0.29) is 12.3 Å². The molecule has 1 unspecified atom stereocenters. The van der Waals surface area contributed by atoms with Crippen LogP contribution < -0.4 is 0 Å². The largest absolute Gasteiger partial charge is 0.481 e. The molecule has 1 rings (SSSR count). The van der Waals surface area contributed by atoms with Gasteiger partial charge in [-0.25, -0.2) is 8.78 Å². The van der Waals surface area contributed by atoms with E-state index >= 15 is 0 Å². The molecule has 1 atom stereocenters. The van der Waals surface area contributed by atoms with Gasteiger partial charge in [0.2, 0.25) is 5.91 Å². The lowest BCUT2D eigenvalue weighted by atomic mass is 9.88. The summed E-state index contributed by atoms with van der Waals surface area (Å²) in [4.78, 5) is 24.5. The fourth-order valence-electron chi connectivity index (χ4n) is 1.79. The fourth-order valence-corrected chi connectivity index (χ4v) is 1.79. The Morgan fingerprint density at radius 1 is 1.29 bits per heavy atom. The number of amides is 1. The number of aliphatic carboxylic acids is 1. The van der Waals surface area contributed by atoms with Crippen LogP contribution in [0, 0.1) is 17.0 Å². The zero-order valence-corrected chi connectivity index (χ0v) is 12.5. The highest BCUT2D eigenvalue weighted by atomic mass is 19.2. The second kappa shape index (κ2) is 6.20. The molecule has 1 aromatic rings. The molecule has 0 heterocycles. The van der Waals surface area contributed by atoms with Gasteiger partial charge in [-0.2, -0.15) is 0 Å². The van der Waals surface area contributed by atoms with E-state index in [9.17, 15) is 18.4 Å². The van der Waals surface area contributed by atoms with E-state index in [0.29, 0.717) is 5.56 Å². The fraction of sp³-hybridized carbons (Fsp3) is 0.467. The topological polar surface area (TPSA) is 57.6 Å². The Morgan fingerprint density at radius 2 is 1.86 bits per heavy atom. The van der Waals surface area contributed by atoms with Crippen LogP contribution in [-0.4, -0.2) is 28.9 Å². The minimum absolute atomic E-state index is 0.174. The standard InChI is InChI=1S/C15H19F2NO3/c1-9(10-5-6-11(16)12(17)7-10)18(4)13(19)8-15(2,3)14(20)21/h5-7,9H,8H2,1-4H3,(H,20,21). The summed E-state index contributed by atoms with van der Waals surface area (Å²) in [7, 11) is 1.51. The SMILES string of the molecule is CC(c1ccc(F)c(F)c1)N(C)C(=O)CC(C)(C)C(=O)O. The van der Waals surface area contributed by atoms with Crippen LogP contribution in [0.5, 0.6) is 0 Å². The predicted molar refractivity (Wildman–Crippen MR) is 73.6 cm³/mol. The molecule has 4 nitrogen and oxygen atoms in total. The minimum atomic E-state index is -1.18. The Bertz CT molecular complexity index is 558. The van der Waals surface area contributed by atoms with Crippen LogP contribution >= 0.6 is 0 Å². The Labute approximate surface area is 122 Å². The minimum Gasteiger partial charge on any atom is -0.481 e. The third-order valence-electron chi connectivity index (χ3n) is 3.57. The van der Waals surface area contributed by atoms with Crippen molar-refractivity contribution < 1.29 is 23.5 Å². The number of carbonyl (C=O) groups is 2. The number of benzene rings is 1. The van der Waals surface area contributed by atoms with Gasteiger partial charge < -0.3 is 10.0 Å². The second-order valence-corrected chi connectivity index (χ2v) is 5.72. The van der Waals surface area contributed by atoms with Gasteiger partial charge in [0.05, 0.1) is 11.5 Å². The van der Waals surface area contributed by atoms with E-state index < -0.39 is 29.1 Å². The van der Waals surface area contributed by atoms with E-state index in [1.165, 1.54) is 31.9 Å². The van der Waals surface area contributed by atoms with Crippen molar-refractivity contribution in [2.75, 3.05) is 7.05 Å². The molecule has 0 aliphatic carbocycles. The average Bonchev–Trinajstić information content (AvgIpc) is 2.39. The molecule has 0 spiro atoms. The Balaban J connectivity index is 2.86. The van der Waals surface area contributed by atoms with E-state index in [1.807, 2.05) is 0 Å². The lowest BCUT2D eigenvalue weighted by Crippen LogP contribution is -2.36. The number of carbonyl (C=O) groups excluding carboxylic acids is 1. The third kappa shape index (κ3) is 4.00. The van der Waals surface area contributed by atoms with E-state index in [1.54, 1.807) is 6.92 Å². The summed E-state index contributed by atoms with van der Waals surface area (Å²) < 4.78 is 26.1. The van der Waals surface area contributed by atoms with Gasteiger partial charge in [-0.15, -0.1) is 0 Å². The molecule has 0 aliphatic rings. The highest BCUT2D eigenvalue weighted by Crippen LogP contribution is 2.26. The van der Waals surface area contributed by atoms with Gasteiger partial charge in [0.1, 0.15) is 0 Å². The molecular weight excluding hydrogens is 280 g/mol. The number of carboxylic acids is 1. The summed E-state index contributed by atoms with van der Waals surface area (Å²) in [6.07, 6.45) is -0.174. The maximum absolute atomic E-state index is 13.2. The van der Waals surface area contributed by atoms with E-state index in [2.05, 4.69) is 0 Å². The van der Waals surface area contributed by atoms with Crippen LogP contribution in [0.2, 0.25) is 0 Å². The van der Waals surface area contributed by atoms with Gasteiger partial charge in [-0.1, -0.05) is 6.07 Å². The molecule has 0 fully saturated rings. The molecular formula is C15H19F2NO3. The summed E-state index contributed by atoms with van der Waals surface area (Å²) in [5, 5.41) is 9.03. The van der Waals surface area contributed by atoms with Crippen molar-refractivity contribution in [1.29, 1.82) is 0 Å². The molecule has 0 bridgehead atoms. The van der Waals surface area contributed by atoms with Gasteiger partial charge >= 0.3 is 5.97 Å². The molecule has 116 valence electrons. The molecule has 1 aromatic carbocycles. The molecule has 0 radical (unpaired) electrons. The molecule has 0 saturated carbocycles. The average molecular weight is 299 g/mol. The molecule has 6 heteroatoms. The van der Waals surface area contributed by atoms with Crippen molar-refractivity contribution in [3.05, 3.63) is 35.4 Å². The summed E-state index contributed by atoms with van der Waals surface area (Å²) in [5.74, 6) is -3.37. The highest BCUT2D eigenvalue weighted by molar-refractivity contribution is 5.84. The van der Waals surface area contributed by atoms with E-state index in [0.717, 1.165) is 12.1 Å². The van der Waals surface area contributed by atoms with Crippen molar-refractivity contribution in [2.24, 2.45) is 5.41 Å². The molecule has 1 amide bonds. The van der Waals surface area contributed by atoms with E-state index in [4.69, 9.17) is 5.11 Å². The van der Waals surface area contributed by atoms with Crippen LogP contribution in [-0.2, 0) is 9.59 Å². The van der Waals surface area contributed by atoms with Crippen molar-refractivity contribution in [1.82, 2.24) is 4.90 Å². The van der Waals surface area contributed by atoms with Crippen LogP contribution in [0.4, 0.5) is 8.78 Å². The number of nitrogens with zero attached hydrogens (tertiary/aromatic N) is 1. The normalized spacial score (nSPS) is 12.9. The number of hydrogen-bond donors (Lipinski definition) is 1. The number of halogens is 2. The predicted octanol–water partition coefficient (Wildman–Crippen LogP) is 2.99. The maximum atomic E-state index is 13.2. The first-order chi connectivity index (χ1) is 9.56. The molecule has 0 aromatic heterocycles. The smallest absolute Gasteiger partial charge is 0.309 e. The molecule has 21 heavy (non-hydrogen) atoms. The summed E-state index contributed by atoms with van der Waals surface area (Å²) >= 11 is 0. The first-order valence-corrected chi connectivity index (χ1v) is 6.50. The molecule has 0 saturated heterocycles. The van der Waals surface area contributed by atoms with Gasteiger partial charge in [-0.05, 0) is 38.5 Å². The molecule has 0 aliphatic heterocycles. The quantitative estimate of drug-likeness (QED) is 0.909. The summed E-state index contributed by atoms with van der Waals surface area (Å²) in [5.41, 5.74) is -0.739. The lowest BCUT2D eigenvalue weighted by molar-refractivity contribution is -0.151. The van der Waals surface area contributed by atoms with Gasteiger partial charge in [0.15, 0.2) is 11.6 Å². The maximum Gasteiger partial charge on any atom is 0.309 e. The van der Waals surface area contributed by atoms with Crippen molar-refractivity contribution in [3.63, 3.8) is 0 Å². The Hall–Kier alpha value is -1.98. The third-order valence-corrected chi connectivity index (χ3v) is 3.57. The van der Waals surface area contributed by atoms with Crippen molar-refractivity contribution in [2.45, 2.75) is 33.2 Å². The number of rotatable bonds is 5. The van der Waals surface area contributed by atoms with Crippen LogP contribution in [0.1, 0.15) is 38.8 Å². The molecule has 1 N–H and O–H groups in total. The van der Waals surface area contributed by atoms with Crippen molar-refractivity contribution >= 4 is 11.9 Å². The second-order valence-electron chi connectivity index (χ2n) is 5.72. The summed E-state index contributed by atoms with van der Waals surface area (Å²) in [6.45, 7) is 4.59. The van der Waals surface area contributed by atoms with Gasteiger partial charge in [-0.3, -0.25) is 9.59 Å². The van der Waals surface area contributed by atoms with Crippen LogP contribution in [0.15, 0.2) is 18.2 Å². The zero-order chi connectivity index (χ0) is 16.4. The highest BCUT2D eigenvalue weighted by Gasteiger charge is 2.32. The first kappa shape index (κ1) is 17.1. The Kier molecular flexibility index (Phi) is 5.04. The first-order valence-electron chi connectivity index (χ1n) is 6.50.